The average Bonchev–Trinajstić information content (AvgIpc) is 2.10. The number of aliphatic hydroxyl groups is 1. The van der Waals surface area contributed by atoms with E-state index in [2.05, 4.69) is 19.1 Å². The van der Waals surface area contributed by atoms with E-state index in [1.807, 2.05) is 0 Å². The van der Waals surface area contributed by atoms with Crippen molar-refractivity contribution in [3.05, 3.63) is 12.2 Å². The summed E-state index contributed by atoms with van der Waals surface area (Å²) >= 11 is 0. The first kappa shape index (κ1) is 11.7. The second-order valence-electron chi connectivity index (χ2n) is 3.20. The lowest BCUT2D eigenvalue weighted by molar-refractivity contribution is 0.282. The van der Waals surface area contributed by atoms with Gasteiger partial charge in [0.1, 0.15) is 0 Å². The SMILES string of the molecule is C/C=C\CCCCCCCCO. The zero-order valence-corrected chi connectivity index (χ0v) is 8.26. The largest absolute Gasteiger partial charge is 0.396 e. The molecule has 0 heterocycles. The molecule has 0 aromatic rings. The van der Waals surface area contributed by atoms with Crippen molar-refractivity contribution in [1.29, 1.82) is 0 Å². The Labute approximate surface area is 76.5 Å². The van der Waals surface area contributed by atoms with Crippen molar-refractivity contribution in [3.8, 4) is 0 Å². The molecule has 0 fully saturated rings. The van der Waals surface area contributed by atoms with Gasteiger partial charge >= 0.3 is 0 Å². The highest BCUT2D eigenvalue weighted by molar-refractivity contribution is 4.76. The molecule has 1 N–H and O–H groups in total. The minimum Gasteiger partial charge on any atom is -0.396 e. The Morgan fingerprint density at radius 3 is 2.08 bits per heavy atom. The van der Waals surface area contributed by atoms with Crippen LogP contribution in [0, 0.1) is 0 Å². The van der Waals surface area contributed by atoms with E-state index in [4.69, 9.17) is 5.11 Å². The molecular formula is C11H22O. The standard InChI is InChI=1S/C11H22O/c1-2-3-4-5-6-7-8-9-10-11-12/h2-3,12H,4-11H2,1H3/b3-2-. The summed E-state index contributed by atoms with van der Waals surface area (Å²) in [5, 5.41) is 8.53. The Balaban J connectivity index is 2.81. The maximum Gasteiger partial charge on any atom is 0.0431 e. The van der Waals surface area contributed by atoms with E-state index in [0.29, 0.717) is 6.61 Å². The van der Waals surface area contributed by atoms with E-state index in [-0.39, 0.29) is 0 Å². The van der Waals surface area contributed by atoms with Crippen molar-refractivity contribution >= 4 is 0 Å². The van der Waals surface area contributed by atoms with E-state index in [0.717, 1.165) is 6.42 Å². The van der Waals surface area contributed by atoms with Gasteiger partial charge in [-0.1, -0.05) is 37.8 Å². The Kier molecular flexibility index (Phi) is 10.4. The minimum absolute atomic E-state index is 0.360. The fourth-order valence-electron chi connectivity index (χ4n) is 1.25. The molecule has 0 saturated heterocycles. The van der Waals surface area contributed by atoms with Gasteiger partial charge in [-0.3, -0.25) is 0 Å². The summed E-state index contributed by atoms with van der Waals surface area (Å²) in [6.45, 7) is 2.43. The van der Waals surface area contributed by atoms with Gasteiger partial charge in [0, 0.05) is 6.61 Å². The van der Waals surface area contributed by atoms with Gasteiger partial charge < -0.3 is 5.11 Å². The van der Waals surface area contributed by atoms with Gasteiger partial charge in [-0.05, 0) is 26.2 Å². The molecule has 1 heteroatoms. The molecule has 72 valence electrons. The lowest BCUT2D eigenvalue weighted by Gasteiger charge is -1.98. The van der Waals surface area contributed by atoms with Crippen LogP contribution in [0.15, 0.2) is 12.2 Å². The zero-order chi connectivity index (χ0) is 9.07. The van der Waals surface area contributed by atoms with Gasteiger partial charge in [0.2, 0.25) is 0 Å². The molecule has 0 atom stereocenters. The lowest BCUT2D eigenvalue weighted by atomic mass is 10.1. The monoisotopic (exact) mass is 170 g/mol. The first-order chi connectivity index (χ1) is 5.91. The molecule has 0 aromatic carbocycles. The topological polar surface area (TPSA) is 20.2 Å². The molecule has 0 saturated carbocycles. The first-order valence-electron chi connectivity index (χ1n) is 5.14. The summed E-state index contributed by atoms with van der Waals surface area (Å²) in [7, 11) is 0. The third-order valence-electron chi connectivity index (χ3n) is 2.01. The highest BCUT2D eigenvalue weighted by Gasteiger charge is 1.88. The van der Waals surface area contributed by atoms with E-state index in [1.165, 1.54) is 38.5 Å². The molecule has 0 aliphatic heterocycles. The molecule has 1 nitrogen and oxygen atoms in total. The van der Waals surface area contributed by atoms with Crippen LogP contribution < -0.4 is 0 Å². The van der Waals surface area contributed by atoms with Crippen LogP contribution in [0.4, 0.5) is 0 Å². The van der Waals surface area contributed by atoms with Crippen LogP contribution >= 0.6 is 0 Å². The smallest absolute Gasteiger partial charge is 0.0431 e. The summed E-state index contributed by atoms with van der Waals surface area (Å²) in [5.41, 5.74) is 0. The van der Waals surface area contributed by atoms with Gasteiger partial charge in [-0.2, -0.15) is 0 Å². The van der Waals surface area contributed by atoms with Crippen LogP contribution in [0.3, 0.4) is 0 Å². The first-order valence-corrected chi connectivity index (χ1v) is 5.14. The second kappa shape index (κ2) is 10.7. The van der Waals surface area contributed by atoms with Crippen LogP contribution in [-0.4, -0.2) is 11.7 Å². The van der Waals surface area contributed by atoms with Crippen molar-refractivity contribution < 1.29 is 5.11 Å². The van der Waals surface area contributed by atoms with Crippen LogP contribution in [0.25, 0.3) is 0 Å². The number of unbranched alkanes of at least 4 members (excludes halogenated alkanes) is 6. The molecule has 0 spiro atoms. The molecule has 0 amide bonds. The summed E-state index contributed by atoms with van der Waals surface area (Å²) in [6, 6.07) is 0. The summed E-state index contributed by atoms with van der Waals surface area (Å²) in [5.74, 6) is 0. The lowest BCUT2D eigenvalue weighted by Crippen LogP contribution is -1.83. The molecule has 0 aliphatic rings. The molecule has 0 aliphatic carbocycles. The number of aliphatic hydroxyl groups excluding tert-OH is 1. The predicted molar refractivity (Wildman–Crippen MR) is 54.2 cm³/mol. The van der Waals surface area contributed by atoms with E-state index >= 15 is 0 Å². The third kappa shape index (κ3) is 9.70. The van der Waals surface area contributed by atoms with Crippen molar-refractivity contribution in [3.63, 3.8) is 0 Å². The van der Waals surface area contributed by atoms with Gasteiger partial charge in [-0.25, -0.2) is 0 Å². The van der Waals surface area contributed by atoms with Crippen molar-refractivity contribution in [2.24, 2.45) is 0 Å². The summed E-state index contributed by atoms with van der Waals surface area (Å²) < 4.78 is 0. The van der Waals surface area contributed by atoms with Gasteiger partial charge in [0.15, 0.2) is 0 Å². The van der Waals surface area contributed by atoms with Gasteiger partial charge in [0.05, 0.1) is 0 Å². The van der Waals surface area contributed by atoms with Crippen molar-refractivity contribution in [2.45, 2.75) is 51.9 Å². The second-order valence-corrected chi connectivity index (χ2v) is 3.20. The summed E-state index contributed by atoms with van der Waals surface area (Å²) in [4.78, 5) is 0. The third-order valence-corrected chi connectivity index (χ3v) is 2.01. The molecule has 0 aromatic heterocycles. The molecular weight excluding hydrogens is 148 g/mol. The number of allylic oxidation sites excluding steroid dienone is 2. The Hall–Kier alpha value is -0.300. The Bertz CT molecular complexity index is 97.2. The molecule has 0 rings (SSSR count). The van der Waals surface area contributed by atoms with Crippen molar-refractivity contribution in [2.75, 3.05) is 6.61 Å². The molecule has 12 heavy (non-hydrogen) atoms. The summed E-state index contributed by atoms with van der Waals surface area (Å²) in [6.07, 6.45) is 13.0. The molecule has 0 bridgehead atoms. The Morgan fingerprint density at radius 1 is 0.917 bits per heavy atom. The molecule has 0 unspecified atom stereocenters. The normalized spacial score (nSPS) is 11.2. The maximum absolute atomic E-state index is 8.53. The minimum atomic E-state index is 0.360. The highest BCUT2D eigenvalue weighted by Crippen LogP contribution is 2.06. The highest BCUT2D eigenvalue weighted by atomic mass is 16.2. The average molecular weight is 170 g/mol. The van der Waals surface area contributed by atoms with Gasteiger partial charge in [0.25, 0.3) is 0 Å². The number of hydrogen-bond donors (Lipinski definition) is 1. The number of hydrogen-bond acceptors (Lipinski definition) is 1. The van der Waals surface area contributed by atoms with E-state index in [9.17, 15) is 0 Å². The number of rotatable bonds is 8. The van der Waals surface area contributed by atoms with Crippen LogP contribution in [0.1, 0.15) is 51.9 Å². The fourth-order valence-corrected chi connectivity index (χ4v) is 1.25. The quantitative estimate of drug-likeness (QED) is 0.438. The predicted octanol–water partition coefficient (Wildman–Crippen LogP) is 3.29. The van der Waals surface area contributed by atoms with Crippen molar-refractivity contribution in [1.82, 2.24) is 0 Å². The maximum atomic E-state index is 8.53. The van der Waals surface area contributed by atoms with E-state index < -0.39 is 0 Å². The van der Waals surface area contributed by atoms with Crippen LogP contribution in [0.2, 0.25) is 0 Å². The fraction of sp³-hybridized carbons (Fsp3) is 0.818. The zero-order valence-electron chi connectivity index (χ0n) is 8.26. The van der Waals surface area contributed by atoms with Crippen LogP contribution in [0.5, 0.6) is 0 Å². The van der Waals surface area contributed by atoms with Crippen LogP contribution in [-0.2, 0) is 0 Å². The Morgan fingerprint density at radius 2 is 1.50 bits per heavy atom. The van der Waals surface area contributed by atoms with E-state index in [1.54, 1.807) is 0 Å². The molecule has 0 radical (unpaired) electrons. The van der Waals surface area contributed by atoms with Gasteiger partial charge in [-0.15, -0.1) is 0 Å².